The van der Waals surface area contributed by atoms with E-state index < -0.39 is 11.6 Å². The van der Waals surface area contributed by atoms with E-state index in [9.17, 15) is 14.7 Å². The van der Waals surface area contributed by atoms with E-state index in [4.69, 9.17) is 4.74 Å². The molecule has 0 saturated heterocycles. The lowest BCUT2D eigenvalue weighted by molar-refractivity contribution is -0.255. The molecule has 0 spiro atoms. The van der Waals surface area contributed by atoms with E-state index in [2.05, 4.69) is 0 Å². The van der Waals surface area contributed by atoms with Gasteiger partial charge >= 0.3 is 6.09 Å². The summed E-state index contributed by atoms with van der Waals surface area (Å²) in [7, 11) is 0. The summed E-state index contributed by atoms with van der Waals surface area (Å²) in [6.07, 6.45) is 0.993. The van der Waals surface area contributed by atoms with E-state index in [1.54, 1.807) is 23.1 Å². The molecule has 2 rings (SSSR count). The molecule has 0 atom stereocenters. The molecular formula is C16H20NO4-. The Kier molecular flexibility index (Phi) is 4.21. The number of ether oxygens (including phenoxy) is 1. The standard InChI is InChI=1S/C16H21NO4/c1-16(2,3)21-15(20)17-8-6-11-4-5-13(14(18)19)10-12(11)7-9-17/h4-5,10H,6-9H2,1-3H3,(H,18,19)/p-1. The zero-order valence-electron chi connectivity index (χ0n) is 12.6. The Morgan fingerprint density at radius 3 is 2.33 bits per heavy atom. The van der Waals surface area contributed by atoms with E-state index in [0.717, 1.165) is 11.1 Å². The molecule has 1 aliphatic rings. The van der Waals surface area contributed by atoms with Crippen LogP contribution in [0.1, 0.15) is 42.3 Å². The number of hydrogen-bond acceptors (Lipinski definition) is 4. The highest BCUT2D eigenvalue weighted by molar-refractivity contribution is 5.86. The Balaban J connectivity index is 2.10. The molecule has 0 bridgehead atoms. The number of rotatable bonds is 1. The summed E-state index contributed by atoms with van der Waals surface area (Å²) in [5, 5.41) is 10.9. The minimum absolute atomic E-state index is 0.180. The van der Waals surface area contributed by atoms with Crippen molar-refractivity contribution in [1.29, 1.82) is 0 Å². The summed E-state index contributed by atoms with van der Waals surface area (Å²) in [5.41, 5.74) is 1.70. The highest BCUT2D eigenvalue weighted by Crippen LogP contribution is 2.19. The number of benzene rings is 1. The van der Waals surface area contributed by atoms with Crippen LogP contribution in [0, 0.1) is 0 Å². The SMILES string of the molecule is CC(C)(C)OC(=O)N1CCc2ccc(C(=O)[O-])cc2CC1. The average molecular weight is 290 g/mol. The maximum absolute atomic E-state index is 12.1. The first-order valence-corrected chi connectivity index (χ1v) is 7.07. The van der Waals surface area contributed by atoms with Crippen LogP contribution in [0.3, 0.4) is 0 Å². The van der Waals surface area contributed by atoms with E-state index >= 15 is 0 Å². The predicted octanol–water partition coefficient (Wildman–Crippen LogP) is 1.39. The molecule has 1 amide bonds. The molecule has 0 N–H and O–H groups in total. The molecular weight excluding hydrogens is 270 g/mol. The van der Waals surface area contributed by atoms with Gasteiger partial charge in [-0.15, -0.1) is 0 Å². The normalized spacial score (nSPS) is 15.1. The summed E-state index contributed by atoms with van der Waals surface area (Å²) in [4.78, 5) is 24.7. The average Bonchev–Trinajstić information content (AvgIpc) is 2.58. The summed E-state index contributed by atoms with van der Waals surface area (Å²) in [6, 6.07) is 5.00. The first-order valence-electron chi connectivity index (χ1n) is 7.07. The molecule has 0 radical (unpaired) electrons. The van der Waals surface area contributed by atoms with Crippen molar-refractivity contribution < 1.29 is 19.4 Å². The van der Waals surface area contributed by atoms with Gasteiger partial charge < -0.3 is 19.5 Å². The molecule has 114 valence electrons. The van der Waals surface area contributed by atoms with E-state index in [0.29, 0.717) is 25.9 Å². The maximum atomic E-state index is 12.1. The molecule has 1 aromatic rings. The summed E-state index contributed by atoms with van der Waals surface area (Å²) in [5.74, 6) is -1.17. The minimum Gasteiger partial charge on any atom is -0.545 e. The second-order valence-electron chi connectivity index (χ2n) is 6.24. The zero-order valence-corrected chi connectivity index (χ0v) is 12.6. The van der Waals surface area contributed by atoms with Crippen molar-refractivity contribution in [3.8, 4) is 0 Å². The molecule has 1 heterocycles. The lowest BCUT2D eigenvalue weighted by Gasteiger charge is -2.26. The topological polar surface area (TPSA) is 69.7 Å². The highest BCUT2D eigenvalue weighted by Gasteiger charge is 2.24. The highest BCUT2D eigenvalue weighted by atomic mass is 16.6. The van der Waals surface area contributed by atoms with Crippen molar-refractivity contribution in [3.63, 3.8) is 0 Å². The van der Waals surface area contributed by atoms with Crippen LogP contribution in [0.2, 0.25) is 0 Å². The van der Waals surface area contributed by atoms with Crippen LogP contribution >= 0.6 is 0 Å². The predicted molar refractivity (Wildman–Crippen MR) is 76.0 cm³/mol. The number of hydrogen-bond donors (Lipinski definition) is 0. The molecule has 5 heteroatoms. The van der Waals surface area contributed by atoms with Gasteiger partial charge in [-0.25, -0.2) is 4.79 Å². The Morgan fingerprint density at radius 1 is 1.14 bits per heavy atom. The van der Waals surface area contributed by atoms with Crippen LogP contribution < -0.4 is 5.11 Å². The lowest BCUT2D eigenvalue weighted by Crippen LogP contribution is -2.38. The summed E-state index contributed by atoms with van der Waals surface area (Å²) < 4.78 is 5.38. The van der Waals surface area contributed by atoms with E-state index in [-0.39, 0.29) is 11.7 Å². The van der Waals surface area contributed by atoms with Crippen LogP contribution in [0.15, 0.2) is 18.2 Å². The maximum Gasteiger partial charge on any atom is 0.410 e. The fraction of sp³-hybridized carbons (Fsp3) is 0.500. The van der Waals surface area contributed by atoms with Crippen molar-refractivity contribution in [2.24, 2.45) is 0 Å². The third-order valence-corrected chi connectivity index (χ3v) is 3.40. The first kappa shape index (κ1) is 15.4. The number of carboxylic acid groups (broad SMARTS) is 1. The number of aromatic carboxylic acids is 1. The third-order valence-electron chi connectivity index (χ3n) is 3.40. The number of nitrogens with zero attached hydrogens (tertiary/aromatic N) is 1. The molecule has 0 aliphatic carbocycles. The van der Waals surface area contributed by atoms with Gasteiger partial charge in [0.1, 0.15) is 5.60 Å². The van der Waals surface area contributed by atoms with Crippen LogP contribution in [0.25, 0.3) is 0 Å². The molecule has 0 aromatic heterocycles. The monoisotopic (exact) mass is 290 g/mol. The van der Waals surface area contributed by atoms with Crippen molar-refractivity contribution in [2.45, 2.75) is 39.2 Å². The second kappa shape index (κ2) is 5.76. The molecule has 1 aliphatic heterocycles. The quantitative estimate of drug-likeness (QED) is 0.783. The number of carbonyl (C=O) groups excluding carboxylic acids is 2. The summed E-state index contributed by atoms with van der Waals surface area (Å²) in [6.45, 7) is 6.61. The molecule has 0 saturated carbocycles. The number of fused-ring (bicyclic) bond motifs is 1. The number of carbonyl (C=O) groups is 2. The lowest BCUT2D eigenvalue weighted by atomic mass is 10.0. The fourth-order valence-electron chi connectivity index (χ4n) is 2.36. The van der Waals surface area contributed by atoms with Gasteiger partial charge in [0.2, 0.25) is 0 Å². The number of amides is 1. The van der Waals surface area contributed by atoms with E-state index in [1.165, 1.54) is 0 Å². The van der Waals surface area contributed by atoms with Gasteiger partial charge in [0.25, 0.3) is 0 Å². The Bertz CT molecular complexity index is 560. The van der Waals surface area contributed by atoms with Crippen LogP contribution in [-0.4, -0.2) is 35.7 Å². The summed E-state index contributed by atoms with van der Waals surface area (Å²) >= 11 is 0. The van der Waals surface area contributed by atoms with E-state index in [1.807, 2.05) is 20.8 Å². The zero-order chi connectivity index (χ0) is 15.6. The van der Waals surface area contributed by atoms with Gasteiger partial charge in [0, 0.05) is 13.1 Å². The Labute approximate surface area is 124 Å². The van der Waals surface area contributed by atoms with Gasteiger partial charge in [0.05, 0.1) is 5.97 Å². The van der Waals surface area contributed by atoms with Crippen molar-refractivity contribution in [3.05, 3.63) is 34.9 Å². The van der Waals surface area contributed by atoms with Crippen LogP contribution in [-0.2, 0) is 17.6 Å². The fourth-order valence-corrected chi connectivity index (χ4v) is 2.36. The third kappa shape index (κ3) is 3.97. The number of carboxylic acids is 1. The largest absolute Gasteiger partial charge is 0.545 e. The Hall–Kier alpha value is -2.04. The van der Waals surface area contributed by atoms with Crippen LogP contribution in [0.4, 0.5) is 4.79 Å². The first-order chi connectivity index (χ1) is 9.76. The molecule has 0 fully saturated rings. The second-order valence-corrected chi connectivity index (χ2v) is 6.24. The van der Waals surface area contributed by atoms with Crippen molar-refractivity contribution >= 4 is 12.1 Å². The molecule has 0 unspecified atom stereocenters. The van der Waals surface area contributed by atoms with Gasteiger partial charge in [-0.05, 0) is 56.4 Å². The van der Waals surface area contributed by atoms with Gasteiger partial charge in [-0.3, -0.25) is 0 Å². The van der Waals surface area contributed by atoms with Crippen LogP contribution in [0.5, 0.6) is 0 Å². The van der Waals surface area contributed by atoms with Gasteiger partial charge in [0.15, 0.2) is 0 Å². The molecule has 5 nitrogen and oxygen atoms in total. The van der Waals surface area contributed by atoms with Crippen molar-refractivity contribution in [2.75, 3.05) is 13.1 Å². The van der Waals surface area contributed by atoms with Gasteiger partial charge in [-0.2, -0.15) is 0 Å². The van der Waals surface area contributed by atoms with Crippen molar-refractivity contribution in [1.82, 2.24) is 4.90 Å². The van der Waals surface area contributed by atoms with Gasteiger partial charge in [-0.1, -0.05) is 12.1 Å². The molecule has 21 heavy (non-hydrogen) atoms. The Morgan fingerprint density at radius 2 is 1.76 bits per heavy atom. The minimum atomic E-state index is -1.17. The molecule has 1 aromatic carbocycles. The smallest absolute Gasteiger partial charge is 0.410 e.